The Balaban J connectivity index is 1.85. The number of nitriles is 1. The first-order valence-electron chi connectivity index (χ1n) is 7.26. The van der Waals surface area contributed by atoms with Gasteiger partial charge in [0.1, 0.15) is 18.2 Å². The normalized spacial score (nSPS) is 10.5. The van der Waals surface area contributed by atoms with Crippen molar-refractivity contribution in [1.82, 2.24) is 9.55 Å². The number of thiazole rings is 1. The van der Waals surface area contributed by atoms with Gasteiger partial charge in [-0.25, -0.2) is 4.98 Å². The Labute approximate surface area is 142 Å². The zero-order valence-corrected chi connectivity index (χ0v) is 14.0. The number of amides is 1. The Kier molecular flexibility index (Phi) is 4.15. The third-order valence-corrected chi connectivity index (χ3v) is 4.61. The molecule has 0 atom stereocenters. The third kappa shape index (κ3) is 2.92. The molecule has 0 aliphatic heterocycles. The lowest BCUT2D eigenvalue weighted by molar-refractivity contribution is -0.116. The fourth-order valence-electron chi connectivity index (χ4n) is 2.49. The van der Waals surface area contributed by atoms with Crippen molar-refractivity contribution in [2.75, 3.05) is 5.32 Å². The van der Waals surface area contributed by atoms with E-state index >= 15 is 0 Å². The zero-order valence-electron chi connectivity index (χ0n) is 13.2. The van der Waals surface area contributed by atoms with Crippen LogP contribution in [0.1, 0.15) is 16.8 Å². The predicted octanol–water partition coefficient (Wildman–Crippen LogP) is 2.59. The Bertz CT molecular complexity index is 1010. The maximum atomic E-state index is 12.3. The molecule has 0 fully saturated rings. The number of nitrogens with zero attached hydrogens (tertiary/aromatic N) is 3. The molecule has 3 rings (SSSR count). The topological polar surface area (TPSA) is 87.8 Å². The third-order valence-electron chi connectivity index (χ3n) is 3.66. The van der Waals surface area contributed by atoms with Gasteiger partial charge in [0.2, 0.25) is 5.91 Å². The quantitative estimate of drug-likeness (QED) is 0.795. The molecule has 0 unspecified atom stereocenters. The molecule has 1 amide bonds. The van der Waals surface area contributed by atoms with Crippen molar-refractivity contribution in [3.8, 4) is 6.07 Å². The second-order valence-corrected chi connectivity index (χ2v) is 6.41. The molecule has 6 nitrogen and oxygen atoms in total. The highest BCUT2D eigenvalue weighted by molar-refractivity contribution is 7.22. The van der Waals surface area contributed by atoms with Gasteiger partial charge in [-0.15, -0.1) is 0 Å². The van der Waals surface area contributed by atoms with Crippen molar-refractivity contribution in [2.45, 2.75) is 20.4 Å². The number of carbonyl (C=O) groups excluding carboxylic acids is 1. The summed E-state index contributed by atoms with van der Waals surface area (Å²) in [6.07, 6.45) is 0. The molecule has 0 saturated heterocycles. The van der Waals surface area contributed by atoms with E-state index in [0.29, 0.717) is 16.4 Å². The largest absolute Gasteiger partial charge is 0.302 e. The number of rotatable bonds is 3. The molecule has 120 valence electrons. The molecule has 3 aromatic rings. The van der Waals surface area contributed by atoms with Crippen molar-refractivity contribution in [1.29, 1.82) is 5.26 Å². The number of fused-ring (bicyclic) bond motifs is 1. The Hall–Kier alpha value is -2.98. The van der Waals surface area contributed by atoms with E-state index in [-0.39, 0.29) is 18.0 Å². The van der Waals surface area contributed by atoms with Gasteiger partial charge in [0.15, 0.2) is 5.13 Å². The standard InChI is InChI=1S/C17H14N4O2S/c1-10-7-11(2)21(16(23)12(10)8-18)9-15(22)20-17-19-13-5-3-4-6-14(13)24-17/h3-7H,9H2,1-2H3,(H,19,20,22). The molecule has 0 radical (unpaired) electrons. The lowest BCUT2D eigenvalue weighted by Crippen LogP contribution is -2.31. The maximum Gasteiger partial charge on any atom is 0.269 e. The van der Waals surface area contributed by atoms with E-state index in [1.165, 1.54) is 15.9 Å². The van der Waals surface area contributed by atoms with Gasteiger partial charge in [0.25, 0.3) is 5.56 Å². The number of benzene rings is 1. The Morgan fingerprint density at radius 1 is 1.38 bits per heavy atom. The van der Waals surface area contributed by atoms with E-state index in [2.05, 4.69) is 10.3 Å². The van der Waals surface area contributed by atoms with E-state index in [4.69, 9.17) is 5.26 Å². The summed E-state index contributed by atoms with van der Waals surface area (Å²) in [4.78, 5) is 28.9. The highest BCUT2D eigenvalue weighted by Crippen LogP contribution is 2.25. The van der Waals surface area contributed by atoms with Gasteiger partial charge in [-0.1, -0.05) is 23.5 Å². The summed E-state index contributed by atoms with van der Waals surface area (Å²) in [5.41, 5.74) is 1.68. The van der Waals surface area contributed by atoms with Crippen LogP contribution in [0.25, 0.3) is 10.2 Å². The fourth-order valence-corrected chi connectivity index (χ4v) is 3.37. The molecule has 1 aromatic carbocycles. The smallest absolute Gasteiger partial charge is 0.269 e. The van der Waals surface area contributed by atoms with Gasteiger partial charge in [-0.3, -0.25) is 9.59 Å². The molecule has 0 bridgehead atoms. The molecule has 2 heterocycles. The number of anilines is 1. The molecule has 2 aromatic heterocycles. The van der Waals surface area contributed by atoms with E-state index < -0.39 is 5.56 Å². The Morgan fingerprint density at radius 3 is 2.83 bits per heavy atom. The number of carbonyl (C=O) groups is 1. The van der Waals surface area contributed by atoms with Gasteiger partial charge < -0.3 is 9.88 Å². The number of para-hydroxylation sites is 1. The van der Waals surface area contributed by atoms with Crippen LogP contribution in [-0.4, -0.2) is 15.5 Å². The molecule has 0 saturated carbocycles. The number of nitrogens with one attached hydrogen (secondary N) is 1. The van der Waals surface area contributed by atoms with Gasteiger partial charge in [0, 0.05) is 5.69 Å². The van der Waals surface area contributed by atoms with Gasteiger partial charge >= 0.3 is 0 Å². The number of pyridine rings is 1. The second-order valence-electron chi connectivity index (χ2n) is 5.38. The van der Waals surface area contributed by atoms with Crippen LogP contribution in [0.2, 0.25) is 0 Å². The van der Waals surface area contributed by atoms with E-state index in [1.54, 1.807) is 19.9 Å². The molecule has 1 N–H and O–H groups in total. The first-order chi connectivity index (χ1) is 11.5. The van der Waals surface area contributed by atoms with Crippen LogP contribution in [0, 0.1) is 25.2 Å². The first kappa shape index (κ1) is 15.9. The average molecular weight is 338 g/mol. The lowest BCUT2D eigenvalue weighted by Gasteiger charge is -2.11. The average Bonchev–Trinajstić information content (AvgIpc) is 2.93. The van der Waals surface area contributed by atoms with Crippen LogP contribution >= 0.6 is 11.3 Å². The number of aryl methyl sites for hydroxylation is 2. The summed E-state index contributed by atoms with van der Waals surface area (Å²) in [6, 6.07) is 11.2. The van der Waals surface area contributed by atoms with Gasteiger partial charge in [-0.2, -0.15) is 5.26 Å². The van der Waals surface area contributed by atoms with Crippen molar-refractivity contribution >= 4 is 32.6 Å². The SMILES string of the molecule is Cc1cc(C)n(CC(=O)Nc2nc3ccccc3s2)c(=O)c1C#N. The van der Waals surface area contributed by atoms with Crippen molar-refractivity contribution in [3.05, 3.63) is 57.5 Å². The van der Waals surface area contributed by atoms with Crippen LogP contribution < -0.4 is 10.9 Å². The second kappa shape index (κ2) is 6.26. The van der Waals surface area contributed by atoms with E-state index in [1.807, 2.05) is 30.3 Å². The molecule has 24 heavy (non-hydrogen) atoms. The minimum absolute atomic E-state index is 0.0633. The van der Waals surface area contributed by atoms with Crippen LogP contribution in [0.4, 0.5) is 5.13 Å². The van der Waals surface area contributed by atoms with Gasteiger partial charge in [-0.05, 0) is 37.6 Å². The van der Waals surface area contributed by atoms with Crippen molar-refractivity contribution < 1.29 is 4.79 Å². The summed E-state index contributed by atoms with van der Waals surface area (Å²) < 4.78 is 2.28. The summed E-state index contributed by atoms with van der Waals surface area (Å²) in [6.45, 7) is 3.29. The molecule has 0 aliphatic rings. The zero-order chi connectivity index (χ0) is 17.3. The number of hydrogen-bond donors (Lipinski definition) is 1. The molecular formula is C17H14N4O2S. The monoisotopic (exact) mass is 338 g/mol. The molecular weight excluding hydrogens is 324 g/mol. The first-order valence-corrected chi connectivity index (χ1v) is 8.08. The summed E-state index contributed by atoms with van der Waals surface area (Å²) >= 11 is 1.37. The summed E-state index contributed by atoms with van der Waals surface area (Å²) in [5.74, 6) is -0.355. The lowest BCUT2D eigenvalue weighted by atomic mass is 10.1. The van der Waals surface area contributed by atoms with E-state index in [9.17, 15) is 9.59 Å². The van der Waals surface area contributed by atoms with Crippen LogP contribution in [-0.2, 0) is 11.3 Å². The minimum atomic E-state index is -0.450. The van der Waals surface area contributed by atoms with E-state index in [0.717, 1.165) is 10.2 Å². The van der Waals surface area contributed by atoms with Crippen LogP contribution in [0.5, 0.6) is 0 Å². The summed E-state index contributed by atoms with van der Waals surface area (Å²) in [7, 11) is 0. The summed E-state index contributed by atoms with van der Waals surface area (Å²) in [5, 5.41) is 12.3. The maximum absolute atomic E-state index is 12.3. The van der Waals surface area contributed by atoms with Crippen LogP contribution in [0.15, 0.2) is 35.1 Å². The molecule has 7 heteroatoms. The minimum Gasteiger partial charge on any atom is -0.302 e. The predicted molar refractivity (Wildman–Crippen MR) is 93.1 cm³/mol. The van der Waals surface area contributed by atoms with Gasteiger partial charge in [0.05, 0.1) is 10.2 Å². The highest BCUT2D eigenvalue weighted by atomic mass is 32.1. The number of hydrogen-bond acceptors (Lipinski definition) is 5. The number of aromatic nitrogens is 2. The van der Waals surface area contributed by atoms with Crippen LogP contribution in [0.3, 0.4) is 0 Å². The highest BCUT2D eigenvalue weighted by Gasteiger charge is 2.14. The fraction of sp³-hybridized carbons (Fsp3) is 0.176. The van der Waals surface area contributed by atoms with Crippen molar-refractivity contribution in [3.63, 3.8) is 0 Å². The Morgan fingerprint density at radius 2 is 2.12 bits per heavy atom. The molecule has 0 aliphatic carbocycles. The molecule has 0 spiro atoms. The van der Waals surface area contributed by atoms with Crippen molar-refractivity contribution in [2.24, 2.45) is 0 Å².